The van der Waals surface area contributed by atoms with Gasteiger partial charge in [-0.15, -0.1) is 0 Å². The Hall–Kier alpha value is -1.12. The molecule has 4 aliphatic carbocycles. The average molecular weight is 401 g/mol. The lowest BCUT2D eigenvalue weighted by molar-refractivity contribution is -0.148. The molecule has 0 bridgehead atoms. The van der Waals surface area contributed by atoms with E-state index in [9.17, 15) is 9.59 Å². The lowest BCUT2D eigenvalue weighted by Gasteiger charge is -2.57. The molecular formula is C26H40O3. The third-order valence-corrected chi connectivity index (χ3v) is 9.96. The van der Waals surface area contributed by atoms with Gasteiger partial charge in [0.1, 0.15) is 5.78 Å². The number of ketones is 1. The van der Waals surface area contributed by atoms with Gasteiger partial charge in [-0.05, 0) is 98.7 Å². The van der Waals surface area contributed by atoms with Crippen LogP contribution in [0.2, 0.25) is 0 Å². The summed E-state index contributed by atoms with van der Waals surface area (Å²) >= 11 is 0. The zero-order valence-corrected chi connectivity index (χ0v) is 19.1. The smallest absolute Gasteiger partial charge is 0.308 e. The largest absolute Gasteiger partial charge is 0.469 e. The molecule has 4 rings (SSSR count). The molecule has 4 unspecified atom stereocenters. The lowest BCUT2D eigenvalue weighted by Crippen LogP contribution is -2.48. The molecule has 3 nitrogen and oxygen atoms in total. The predicted molar refractivity (Wildman–Crippen MR) is 115 cm³/mol. The van der Waals surface area contributed by atoms with Crippen LogP contribution in [-0.2, 0) is 14.3 Å². The highest BCUT2D eigenvalue weighted by molar-refractivity contribution is 5.75. The Balaban J connectivity index is 1.57. The topological polar surface area (TPSA) is 43.4 Å². The van der Waals surface area contributed by atoms with Crippen molar-refractivity contribution < 1.29 is 14.3 Å². The van der Waals surface area contributed by atoms with Crippen LogP contribution >= 0.6 is 0 Å². The van der Waals surface area contributed by atoms with E-state index in [4.69, 9.17) is 4.74 Å². The van der Waals surface area contributed by atoms with Gasteiger partial charge in [0.25, 0.3) is 0 Å². The first-order valence-electron chi connectivity index (χ1n) is 12.0. The number of carbonyl (C=O) groups is 2. The molecule has 0 aliphatic heterocycles. The maximum atomic E-state index is 12.3. The first kappa shape index (κ1) is 21.1. The Morgan fingerprint density at radius 3 is 2.62 bits per heavy atom. The summed E-state index contributed by atoms with van der Waals surface area (Å²) in [6.07, 6.45) is 13.3. The highest BCUT2D eigenvalue weighted by atomic mass is 16.5. The molecule has 3 saturated carbocycles. The van der Waals surface area contributed by atoms with Crippen LogP contribution in [0.5, 0.6) is 0 Å². The number of hydrogen-bond acceptors (Lipinski definition) is 3. The van der Waals surface area contributed by atoms with Gasteiger partial charge < -0.3 is 9.53 Å². The summed E-state index contributed by atoms with van der Waals surface area (Å²) in [6, 6.07) is 0. The van der Waals surface area contributed by atoms with E-state index in [0.29, 0.717) is 34.9 Å². The quantitative estimate of drug-likeness (QED) is 0.431. The van der Waals surface area contributed by atoms with Crippen molar-refractivity contribution in [2.75, 3.05) is 7.11 Å². The van der Waals surface area contributed by atoms with Gasteiger partial charge in [-0.2, -0.15) is 0 Å². The molecule has 0 aromatic rings. The highest BCUT2D eigenvalue weighted by Gasteiger charge is 2.58. The fourth-order valence-electron chi connectivity index (χ4n) is 8.42. The Labute approximate surface area is 177 Å². The molecule has 0 saturated heterocycles. The van der Waals surface area contributed by atoms with Crippen molar-refractivity contribution in [1.82, 2.24) is 0 Å². The minimum Gasteiger partial charge on any atom is -0.469 e. The SMILES string of the molecule is COC(=O)[C@@H](C)C1CCC2C3CCC4C[C@H](CC(C)=O)CC[C@]4(C)C3=CC[C@@]21C. The molecule has 0 heterocycles. The maximum Gasteiger partial charge on any atom is 0.308 e. The summed E-state index contributed by atoms with van der Waals surface area (Å²) in [5.41, 5.74) is 2.32. The van der Waals surface area contributed by atoms with E-state index in [1.807, 2.05) is 0 Å². The summed E-state index contributed by atoms with van der Waals surface area (Å²) in [4.78, 5) is 23.9. The number of carbonyl (C=O) groups excluding carboxylic acids is 2. The van der Waals surface area contributed by atoms with E-state index in [-0.39, 0.29) is 17.3 Å². The second-order valence-electron chi connectivity index (χ2n) is 11.3. The standard InChI is InChI=1S/C26H40O3/c1-16(27)14-18-10-12-25(3)19(15-18)6-7-20-22-9-8-21(17(2)24(28)29-5)26(22,4)13-11-23(20)25/h11,17-22H,6-10,12-15H2,1-5H3/t17-,18-,19?,20?,21?,22?,25-,26+/m0/s1. The molecule has 8 atom stereocenters. The molecule has 3 heteroatoms. The fourth-order valence-corrected chi connectivity index (χ4v) is 8.42. The Kier molecular flexibility index (Phi) is 5.49. The normalized spacial score (nSPS) is 44.7. The van der Waals surface area contributed by atoms with Crippen molar-refractivity contribution in [1.29, 1.82) is 0 Å². The van der Waals surface area contributed by atoms with Gasteiger partial charge in [0.2, 0.25) is 0 Å². The van der Waals surface area contributed by atoms with Crippen LogP contribution in [0.4, 0.5) is 0 Å². The van der Waals surface area contributed by atoms with Gasteiger partial charge in [0, 0.05) is 6.42 Å². The van der Waals surface area contributed by atoms with Crippen molar-refractivity contribution >= 4 is 11.8 Å². The van der Waals surface area contributed by atoms with E-state index in [2.05, 4.69) is 26.8 Å². The van der Waals surface area contributed by atoms with Crippen LogP contribution in [0.25, 0.3) is 0 Å². The van der Waals surface area contributed by atoms with Gasteiger partial charge in [0.05, 0.1) is 13.0 Å². The van der Waals surface area contributed by atoms with Crippen LogP contribution < -0.4 is 0 Å². The minimum absolute atomic E-state index is 0.00102. The highest BCUT2D eigenvalue weighted by Crippen LogP contribution is 2.66. The third-order valence-electron chi connectivity index (χ3n) is 9.96. The van der Waals surface area contributed by atoms with Gasteiger partial charge in [-0.1, -0.05) is 32.4 Å². The van der Waals surface area contributed by atoms with Crippen LogP contribution in [-0.4, -0.2) is 18.9 Å². The van der Waals surface area contributed by atoms with Crippen molar-refractivity contribution in [3.05, 3.63) is 11.6 Å². The maximum absolute atomic E-state index is 12.3. The molecule has 3 fully saturated rings. The van der Waals surface area contributed by atoms with Crippen LogP contribution in [0.15, 0.2) is 11.6 Å². The summed E-state index contributed by atoms with van der Waals surface area (Å²) in [5, 5.41) is 0. The number of ether oxygens (including phenoxy) is 1. The summed E-state index contributed by atoms with van der Waals surface area (Å²) in [5.74, 6) is 3.53. The molecule has 29 heavy (non-hydrogen) atoms. The van der Waals surface area contributed by atoms with Gasteiger partial charge in [0.15, 0.2) is 0 Å². The van der Waals surface area contributed by atoms with Crippen LogP contribution in [0.3, 0.4) is 0 Å². The number of Topliss-reactive ketones (excluding diaryl/α,β-unsaturated/α-hetero) is 1. The molecule has 0 amide bonds. The number of hydrogen-bond donors (Lipinski definition) is 0. The molecule has 0 radical (unpaired) electrons. The van der Waals surface area contributed by atoms with Crippen molar-refractivity contribution in [2.24, 2.45) is 46.3 Å². The number of rotatable bonds is 4. The summed E-state index contributed by atoms with van der Waals surface area (Å²) in [7, 11) is 1.52. The number of allylic oxidation sites excluding steroid dienone is 2. The summed E-state index contributed by atoms with van der Waals surface area (Å²) < 4.78 is 5.10. The van der Waals surface area contributed by atoms with Gasteiger partial charge in [-0.3, -0.25) is 4.79 Å². The van der Waals surface area contributed by atoms with Gasteiger partial charge in [-0.25, -0.2) is 0 Å². The van der Waals surface area contributed by atoms with Gasteiger partial charge >= 0.3 is 5.97 Å². The average Bonchev–Trinajstić information content (AvgIpc) is 3.03. The van der Waals surface area contributed by atoms with E-state index < -0.39 is 0 Å². The zero-order chi connectivity index (χ0) is 21.0. The second kappa shape index (κ2) is 7.54. The fraction of sp³-hybridized carbons (Fsp3) is 0.846. The minimum atomic E-state index is -0.0360. The third kappa shape index (κ3) is 3.31. The molecule has 0 N–H and O–H groups in total. The van der Waals surface area contributed by atoms with Crippen LogP contribution in [0.1, 0.15) is 85.5 Å². The Bertz CT molecular complexity index is 709. The number of fused-ring (bicyclic) bond motifs is 5. The molecular weight excluding hydrogens is 360 g/mol. The van der Waals surface area contributed by atoms with E-state index >= 15 is 0 Å². The van der Waals surface area contributed by atoms with E-state index in [1.165, 1.54) is 45.6 Å². The van der Waals surface area contributed by atoms with Crippen LogP contribution in [0, 0.1) is 46.3 Å². The van der Waals surface area contributed by atoms with E-state index in [1.54, 1.807) is 12.5 Å². The molecule has 162 valence electrons. The molecule has 0 aromatic heterocycles. The Morgan fingerprint density at radius 2 is 1.93 bits per heavy atom. The summed E-state index contributed by atoms with van der Waals surface area (Å²) in [6.45, 7) is 8.82. The molecule has 0 spiro atoms. The van der Waals surface area contributed by atoms with Crippen molar-refractivity contribution in [2.45, 2.75) is 85.5 Å². The number of esters is 1. The number of methoxy groups -OCH3 is 1. The Morgan fingerprint density at radius 1 is 1.17 bits per heavy atom. The first-order chi connectivity index (χ1) is 13.7. The van der Waals surface area contributed by atoms with E-state index in [0.717, 1.165) is 25.2 Å². The monoisotopic (exact) mass is 400 g/mol. The molecule has 0 aromatic carbocycles. The first-order valence-corrected chi connectivity index (χ1v) is 12.0. The predicted octanol–water partition coefficient (Wildman–Crippen LogP) is 5.97. The lowest BCUT2D eigenvalue weighted by atomic mass is 9.47. The van der Waals surface area contributed by atoms with Crippen molar-refractivity contribution in [3.63, 3.8) is 0 Å². The zero-order valence-electron chi connectivity index (χ0n) is 19.1. The molecule has 4 aliphatic rings. The second-order valence-corrected chi connectivity index (χ2v) is 11.3. The van der Waals surface area contributed by atoms with Crippen molar-refractivity contribution in [3.8, 4) is 0 Å².